The Kier molecular flexibility index (Phi) is 2.89. The molecule has 3 nitrogen and oxygen atoms in total. The van der Waals surface area contributed by atoms with E-state index in [1.165, 1.54) is 0 Å². The van der Waals surface area contributed by atoms with E-state index in [1.54, 1.807) is 6.07 Å². The van der Waals surface area contributed by atoms with Crippen molar-refractivity contribution in [3.05, 3.63) is 28.0 Å². The van der Waals surface area contributed by atoms with E-state index >= 15 is 0 Å². The predicted molar refractivity (Wildman–Crippen MR) is 62.3 cm³/mol. The molecule has 0 bridgehead atoms. The Balaban J connectivity index is 2.59. The zero-order valence-corrected chi connectivity index (χ0v) is 10.1. The second-order valence-electron chi connectivity index (χ2n) is 4.49. The van der Waals surface area contributed by atoms with E-state index in [9.17, 15) is 4.79 Å². The highest BCUT2D eigenvalue weighted by molar-refractivity contribution is 6.32. The fraction of sp³-hybridized carbons (Fsp3) is 0.500. The monoisotopic (exact) mass is 239 g/mol. The molecule has 0 radical (unpaired) electrons. The molecule has 1 aromatic rings. The molecule has 1 aliphatic carbocycles. The molecule has 2 rings (SSSR count). The lowest BCUT2D eigenvalue weighted by Gasteiger charge is -2.26. The topological polar surface area (TPSA) is 50.2 Å². The summed E-state index contributed by atoms with van der Waals surface area (Å²) >= 11 is 5.88. The quantitative estimate of drug-likeness (QED) is 0.764. The Labute approximate surface area is 99.5 Å². The van der Waals surface area contributed by atoms with Gasteiger partial charge in [-0.1, -0.05) is 25.4 Å². The van der Waals surface area contributed by atoms with Crippen LogP contribution in [0.3, 0.4) is 0 Å². The summed E-state index contributed by atoms with van der Waals surface area (Å²) in [6.45, 7) is 4.21. The third-order valence-corrected chi connectivity index (χ3v) is 3.59. The van der Waals surface area contributed by atoms with Crippen molar-refractivity contribution in [3.63, 3.8) is 0 Å². The molecular formula is C12H14ClNO2. The molecule has 0 saturated heterocycles. The van der Waals surface area contributed by atoms with Gasteiger partial charge in [0.2, 0.25) is 0 Å². The number of pyridine rings is 1. The van der Waals surface area contributed by atoms with Crippen molar-refractivity contribution in [2.45, 2.75) is 38.5 Å². The summed E-state index contributed by atoms with van der Waals surface area (Å²) in [6.07, 6.45) is 2.17. The Morgan fingerprint density at radius 3 is 2.69 bits per heavy atom. The minimum atomic E-state index is -1.01. The summed E-state index contributed by atoms with van der Waals surface area (Å²) in [5, 5.41) is 9.10. The summed E-state index contributed by atoms with van der Waals surface area (Å²) in [5.74, 6) is -0.272. The third-order valence-electron chi connectivity index (χ3n) is 3.30. The lowest BCUT2D eigenvalue weighted by molar-refractivity contribution is 0.0696. The molecule has 4 heteroatoms. The number of nitrogens with zero attached hydrogens (tertiary/aromatic N) is 1. The molecule has 86 valence electrons. The Bertz CT molecular complexity index is 445. The molecule has 0 aliphatic heterocycles. The van der Waals surface area contributed by atoms with Crippen molar-refractivity contribution in [2.75, 3.05) is 0 Å². The van der Waals surface area contributed by atoms with E-state index < -0.39 is 5.97 Å². The Morgan fingerprint density at radius 1 is 1.44 bits per heavy atom. The minimum absolute atomic E-state index is 0.104. The Hall–Kier alpha value is -1.09. The highest BCUT2D eigenvalue weighted by atomic mass is 35.5. The summed E-state index contributed by atoms with van der Waals surface area (Å²) in [7, 11) is 0. The van der Waals surface area contributed by atoms with Gasteiger partial charge in [0.1, 0.15) is 5.15 Å². The normalized spacial score (nSPS) is 23.9. The molecule has 0 saturated carbocycles. The molecule has 16 heavy (non-hydrogen) atoms. The first-order valence-corrected chi connectivity index (χ1v) is 5.82. The third kappa shape index (κ3) is 1.80. The van der Waals surface area contributed by atoms with E-state index in [0.717, 1.165) is 24.1 Å². The fourth-order valence-corrected chi connectivity index (χ4v) is 2.48. The molecule has 0 amide bonds. The maximum Gasteiger partial charge on any atom is 0.338 e. The minimum Gasteiger partial charge on any atom is -0.478 e. The van der Waals surface area contributed by atoms with Crippen molar-refractivity contribution in [3.8, 4) is 0 Å². The predicted octanol–water partition coefficient (Wildman–Crippen LogP) is 3.43. The smallest absolute Gasteiger partial charge is 0.338 e. The number of aromatic nitrogens is 1. The van der Waals surface area contributed by atoms with Crippen LogP contribution in [-0.2, 0) is 0 Å². The zero-order chi connectivity index (χ0) is 11.9. The van der Waals surface area contributed by atoms with E-state index in [1.807, 2.05) is 0 Å². The van der Waals surface area contributed by atoms with Crippen molar-refractivity contribution < 1.29 is 9.90 Å². The van der Waals surface area contributed by atoms with Crippen molar-refractivity contribution in [2.24, 2.45) is 0 Å². The maximum absolute atomic E-state index is 11.0. The highest BCUT2D eigenvalue weighted by Crippen LogP contribution is 2.38. The summed E-state index contributed by atoms with van der Waals surface area (Å²) < 4.78 is 0. The number of hydrogen-bond acceptors (Lipinski definition) is 2. The standard InChI is InChI=1S/C12H14ClNO2/c1-6-3-4-7(2)10-8(6)5-9(12(15)16)11(13)14-10/h5-7H,3-4H2,1-2H3,(H,15,16). The molecule has 2 unspecified atom stereocenters. The number of carboxylic acids is 1. The first-order chi connectivity index (χ1) is 7.50. The van der Waals surface area contributed by atoms with Crippen LogP contribution in [-0.4, -0.2) is 16.1 Å². The number of aromatic carboxylic acids is 1. The van der Waals surface area contributed by atoms with Gasteiger partial charge in [-0.05, 0) is 36.3 Å². The number of carboxylic acid groups (broad SMARTS) is 1. The zero-order valence-electron chi connectivity index (χ0n) is 9.33. The number of rotatable bonds is 1. The first kappa shape index (κ1) is 11.4. The van der Waals surface area contributed by atoms with Crippen molar-refractivity contribution in [1.82, 2.24) is 4.98 Å². The van der Waals surface area contributed by atoms with Crippen LogP contribution in [0.1, 0.15) is 60.1 Å². The first-order valence-electron chi connectivity index (χ1n) is 5.44. The van der Waals surface area contributed by atoms with Gasteiger partial charge >= 0.3 is 5.97 Å². The van der Waals surface area contributed by atoms with Crippen LogP contribution < -0.4 is 0 Å². The van der Waals surface area contributed by atoms with Gasteiger partial charge in [0.25, 0.3) is 0 Å². The SMILES string of the molecule is CC1CCC(C)c2nc(Cl)c(C(=O)O)cc21. The van der Waals surface area contributed by atoms with Gasteiger partial charge in [-0.25, -0.2) is 9.78 Å². The maximum atomic E-state index is 11.0. The van der Waals surface area contributed by atoms with Crippen LogP contribution in [0, 0.1) is 0 Å². The van der Waals surface area contributed by atoms with Crippen molar-refractivity contribution >= 4 is 17.6 Å². The molecular weight excluding hydrogens is 226 g/mol. The van der Waals surface area contributed by atoms with Crippen LogP contribution in [0.5, 0.6) is 0 Å². The molecule has 1 heterocycles. The van der Waals surface area contributed by atoms with Crippen LogP contribution in [0.4, 0.5) is 0 Å². The van der Waals surface area contributed by atoms with Gasteiger partial charge in [0.05, 0.1) is 5.56 Å². The van der Waals surface area contributed by atoms with Crippen LogP contribution in [0.25, 0.3) is 0 Å². The van der Waals surface area contributed by atoms with Crippen LogP contribution in [0.15, 0.2) is 6.07 Å². The van der Waals surface area contributed by atoms with E-state index in [2.05, 4.69) is 18.8 Å². The summed E-state index contributed by atoms with van der Waals surface area (Å²) in [4.78, 5) is 15.2. The summed E-state index contributed by atoms with van der Waals surface area (Å²) in [5.41, 5.74) is 2.12. The van der Waals surface area contributed by atoms with Gasteiger partial charge in [-0.3, -0.25) is 0 Å². The van der Waals surface area contributed by atoms with E-state index in [4.69, 9.17) is 16.7 Å². The van der Waals surface area contributed by atoms with Gasteiger partial charge in [0.15, 0.2) is 0 Å². The molecule has 1 aromatic heterocycles. The van der Waals surface area contributed by atoms with Crippen LogP contribution >= 0.6 is 11.6 Å². The molecule has 2 atom stereocenters. The van der Waals surface area contributed by atoms with Gasteiger partial charge in [-0.15, -0.1) is 0 Å². The van der Waals surface area contributed by atoms with Gasteiger partial charge < -0.3 is 5.11 Å². The number of halogens is 1. The second-order valence-corrected chi connectivity index (χ2v) is 4.84. The average molecular weight is 240 g/mol. The van der Waals surface area contributed by atoms with Crippen molar-refractivity contribution in [1.29, 1.82) is 0 Å². The highest BCUT2D eigenvalue weighted by Gasteiger charge is 2.26. The van der Waals surface area contributed by atoms with E-state index in [-0.39, 0.29) is 10.7 Å². The molecule has 1 N–H and O–H groups in total. The van der Waals surface area contributed by atoms with Crippen LogP contribution in [0.2, 0.25) is 5.15 Å². The number of hydrogen-bond donors (Lipinski definition) is 1. The summed E-state index contributed by atoms with van der Waals surface area (Å²) in [6, 6.07) is 1.69. The number of fused-ring (bicyclic) bond motifs is 1. The Morgan fingerprint density at radius 2 is 2.06 bits per heavy atom. The second kappa shape index (κ2) is 4.06. The molecule has 0 aromatic carbocycles. The van der Waals surface area contributed by atoms with E-state index in [0.29, 0.717) is 11.8 Å². The van der Waals surface area contributed by atoms with Gasteiger partial charge in [-0.2, -0.15) is 0 Å². The largest absolute Gasteiger partial charge is 0.478 e. The fourth-order valence-electron chi connectivity index (χ4n) is 2.25. The molecule has 0 fully saturated rings. The van der Waals surface area contributed by atoms with Gasteiger partial charge in [0, 0.05) is 5.69 Å². The lowest BCUT2D eigenvalue weighted by Crippen LogP contribution is -2.15. The number of carbonyl (C=O) groups is 1. The average Bonchev–Trinajstić information content (AvgIpc) is 2.23. The molecule has 0 spiro atoms. The lowest BCUT2D eigenvalue weighted by atomic mass is 9.81. The molecule has 1 aliphatic rings.